The Morgan fingerprint density at radius 2 is 2.04 bits per heavy atom. The molecule has 0 aromatic heterocycles. The molecule has 2 saturated heterocycles. The van der Waals surface area contributed by atoms with Gasteiger partial charge in [0.2, 0.25) is 0 Å². The maximum Gasteiger partial charge on any atom is 0.522 e. The quantitative estimate of drug-likeness (QED) is 0.563. The number of carbonyl (C=O) groups is 1. The first-order valence-electron chi connectivity index (χ1n) is 7.36. The first-order chi connectivity index (χ1) is 10.6. The van der Waals surface area contributed by atoms with Crippen LogP contribution in [0.3, 0.4) is 0 Å². The zero-order chi connectivity index (χ0) is 17.0. The van der Waals surface area contributed by atoms with Gasteiger partial charge in [0.05, 0.1) is 25.2 Å². The highest BCUT2D eigenvalue weighted by atomic mass is 19.4. The van der Waals surface area contributed by atoms with E-state index in [1.54, 1.807) is 6.92 Å². The SMILES string of the molecule is CO[C@@H]1C(=O)[C@H](F)C[C@]2(CO2)[C@H]1[C@@]1(C)O[C@@H]1CCOC(F)(F)F. The number of epoxide rings is 2. The second-order valence-electron chi connectivity index (χ2n) is 6.43. The van der Waals surface area contributed by atoms with Gasteiger partial charge in [0.15, 0.2) is 12.0 Å². The molecular formula is C14H18F4O5. The van der Waals surface area contributed by atoms with E-state index in [0.29, 0.717) is 0 Å². The van der Waals surface area contributed by atoms with Gasteiger partial charge in [-0.1, -0.05) is 0 Å². The number of alkyl halides is 4. The highest BCUT2D eigenvalue weighted by molar-refractivity contribution is 5.89. The van der Waals surface area contributed by atoms with Crippen molar-refractivity contribution in [1.82, 2.24) is 0 Å². The van der Waals surface area contributed by atoms with Crippen LogP contribution in [0.1, 0.15) is 19.8 Å². The fraction of sp³-hybridized carbons (Fsp3) is 0.929. The lowest BCUT2D eigenvalue weighted by atomic mass is 9.68. The molecule has 5 nitrogen and oxygen atoms in total. The van der Waals surface area contributed by atoms with Crippen LogP contribution in [-0.4, -0.2) is 62.1 Å². The molecule has 1 aliphatic carbocycles. The van der Waals surface area contributed by atoms with E-state index in [4.69, 9.17) is 14.2 Å². The second-order valence-corrected chi connectivity index (χ2v) is 6.43. The highest BCUT2D eigenvalue weighted by Gasteiger charge is 2.73. The molecule has 0 radical (unpaired) electrons. The number of ketones is 1. The monoisotopic (exact) mass is 342 g/mol. The van der Waals surface area contributed by atoms with E-state index >= 15 is 0 Å². The molecule has 0 aromatic rings. The number of hydrogen-bond acceptors (Lipinski definition) is 5. The Kier molecular flexibility index (Phi) is 3.98. The molecule has 3 rings (SSSR count). The van der Waals surface area contributed by atoms with Crippen molar-refractivity contribution >= 4 is 5.78 Å². The Morgan fingerprint density at radius 1 is 1.39 bits per heavy atom. The largest absolute Gasteiger partial charge is 0.522 e. The zero-order valence-electron chi connectivity index (χ0n) is 12.7. The third-order valence-corrected chi connectivity index (χ3v) is 4.99. The van der Waals surface area contributed by atoms with Crippen molar-refractivity contribution in [3.8, 4) is 0 Å². The minimum Gasteiger partial charge on any atom is -0.373 e. The predicted octanol–water partition coefficient (Wildman–Crippen LogP) is 1.78. The first-order valence-corrected chi connectivity index (χ1v) is 7.36. The topological polar surface area (TPSA) is 60.6 Å². The molecule has 0 unspecified atom stereocenters. The average Bonchev–Trinajstić information content (AvgIpc) is 3.32. The number of halogens is 4. The highest BCUT2D eigenvalue weighted by Crippen LogP contribution is 2.58. The van der Waals surface area contributed by atoms with E-state index in [1.807, 2.05) is 0 Å². The maximum absolute atomic E-state index is 13.9. The van der Waals surface area contributed by atoms with Gasteiger partial charge in [-0.15, -0.1) is 13.2 Å². The smallest absolute Gasteiger partial charge is 0.373 e. The van der Waals surface area contributed by atoms with Crippen molar-refractivity contribution in [3.05, 3.63) is 0 Å². The summed E-state index contributed by atoms with van der Waals surface area (Å²) >= 11 is 0. The van der Waals surface area contributed by atoms with E-state index in [-0.39, 0.29) is 19.4 Å². The van der Waals surface area contributed by atoms with Gasteiger partial charge >= 0.3 is 6.36 Å². The predicted molar refractivity (Wildman–Crippen MR) is 67.4 cm³/mol. The minimum absolute atomic E-state index is 0.0201. The summed E-state index contributed by atoms with van der Waals surface area (Å²) in [5, 5.41) is 0. The lowest BCUT2D eigenvalue weighted by molar-refractivity contribution is -0.324. The zero-order valence-corrected chi connectivity index (χ0v) is 12.7. The number of Topliss-reactive ketones (excluding diaryl/α,β-unsaturated/α-hetero) is 1. The third-order valence-electron chi connectivity index (χ3n) is 4.99. The van der Waals surface area contributed by atoms with E-state index in [9.17, 15) is 22.4 Å². The molecule has 1 spiro atoms. The van der Waals surface area contributed by atoms with Crippen molar-refractivity contribution in [2.75, 3.05) is 20.3 Å². The summed E-state index contributed by atoms with van der Waals surface area (Å²) in [7, 11) is 1.30. The van der Waals surface area contributed by atoms with E-state index < -0.39 is 54.3 Å². The molecule has 1 saturated carbocycles. The van der Waals surface area contributed by atoms with Gasteiger partial charge < -0.3 is 14.2 Å². The van der Waals surface area contributed by atoms with Crippen molar-refractivity contribution in [2.24, 2.45) is 5.92 Å². The van der Waals surface area contributed by atoms with E-state index in [1.165, 1.54) is 7.11 Å². The van der Waals surface area contributed by atoms with Gasteiger partial charge in [-0.05, 0) is 6.92 Å². The summed E-state index contributed by atoms with van der Waals surface area (Å²) in [4.78, 5) is 12.0. The summed E-state index contributed by atoms with van der Waals surface area (Å²) in [6, 6.07) is 0. The molecule has 23 heavy (non-hydrogen) atoms. The van der Waals surface area contributed by atoms with Crippen LogP contribution < -0.4 is 0 Å². The Labute approximate surface area is 130 Å². The maximum atomic E-state index is 13.9. The lowest BCUT2D eigenvalue weighted by Gasteiger charge is -2.38. The molecular weight excluding hydrogens is 324 g/mol. The molecule has 0 amide bonds. The number of methoxy groups -OCH3 is 1. The van der Waals surface area contributed by atoms with Crippen LogP contribution in [0.4, 0.5) is 17.6 Å². The molecule has 132 valence electrons. The molecule has 3 aliphatic rings. The number of carbonyl (C=O) groups excluding carboxylic acids is 1. The standard InChI is InChI=1S/C14H18F4O5/c1-12(8(23-12)3-4-21-14(16,17)18)11-10(20-2)9(19)7(15)5-13(11)6-22-13/h7-8,10-11H,3-6H2,1-2H3/t7-,8-,10-,11-,12+,13+/m1/s1. The van der Waals surface area contributed by atoms with Gasteiger partial charge in [0.25, 0.3) is 0 Å². The number of rotatable bonds is 5. The number of ether oxygens (including phenoxy) is 4. The Balaban J connectivity index is 1.69. The third kappa shape index (κ3) is 2.99. The fourth-order valence-corrected chi connectivity index (χ4v) is 3.79. The van der Waals surface area contributed by atoms with Crippen molar-refractivity contribution < 1.29 is 41.3 Å². The normalized spacial score (nSPS) is 46.3. The van der Waals surface area contributed by atoms with E-state index in [2.05, 4.69) is 4.74 Å². The van der Waals surface area contributed by atoms with Gasteiger partial charge in [-0.3, -0.25) is 9.53 Å². The lowest BCUT2D eigenvalue weighted by Crippen LogP contribution is -2.56. The molecule has 0 N–H and O–H groups in total. The van der Waals surface area contributed by atoms with Crippen LogP contribution in [0.2, 0.25) is 0 Å². The molecule has 2 aliphatic heterocycles. The van der Waals surface area contributed by atoms with Crippen molar-refractivity contribution in [2.45, 2.75) is 55.7 Å². The Hall–Kier alpha value is -0.770. The summed E-state index contributed by atoms with van der Waals surface area (Å²) in [6.45, 7) is 1.44. The van der Waals surface area contributed by atoms with Gasteiger partial charge in [-0.25, -0.2) is 4.39 Å². The fourth-order valence-electron chi connectivity index (χ4n) is 3.79. The second kappa shape index (κ2) is 5.37. The summed E-state index contributed by atoms with van der Waals surface area (Å²) in [5.41, 5.74) is -1.72. The molecule has 3 fully saturated rings. The summed E-state index contributed by atoms with van der Waals surface area (Å²) in [6.07, 6.45) is -7.94. The minimum atomic E-state index is -4.69. The summed E-state index contributed by atoms with van der Waals surface area (Å²) < 4.78 is 69.9. The molecule has 0 aromatic carbocycles. The summed E-state index contributed by atoms with van der Waals surface area (Å²) in [5.74, 6) is -1.21. The number of hydrogen-bond donors (Lipinski definition) is 0. The van der Waals surface area contributed by atoms with Gasteiger partial charge in [0.1, 0.15) is 17.3 Å². The van der Waals surface area contributed by atoms with Crippen LogP contribution in [0.5, 0.6) is 0 Å². The van der Waals surface area contributed by atoms with Gasteiger partial charge in [0, 0.05) is 20.0 Å². The Bertz CT molecular complexity index is 492. The van der Waals surface area contributed by atoms with Crippen LogP contribution in [0, 0.1) is 5.92 Å². The van der Waals surface area contributed by atoms with Crippen LogP contribution >= 0.6 is 0 Å². The Morgan fingerprint density at radius 3 is 2.57 bits per heavy atom. The molecule has 0 bridgehead atoms. The van der Waals surface area contributed by atoms with Crippen molar-refractivity contribution in [1.29, 1.82) is 0 Å². The van der Waals surface area contributed by atoms with Crippen LogP contribution in [0.15, 0.2) is 0 Å². The average molecular weight is 342 g/mol. The van der Waals surface area contributed by atoms with E-state index in [0.717, 1.165) is 0 Å². The van der Waals surface area contributed by atoms with Crippen LogP contribution in [0.25, 0.3) is 0 Å². The first kappa shape index (κ1) is 17.1. The van der Waals surface area contributed by atoms with Crippen LogP contribution in [-0.2, 0) is 23.7 Å². The van der Waals surface area contributed by atoms with Gasteiger partial charge in [-0.2, -0.15) is 0 Å². The van der Waals surface area contributed by atoms with Crippen molar-refractivity contribution in [3.63, 3.8) is 0 Å². The molecule has 2 heterocycles. The molecule has 9 heteroatoms. The molecule has 6 atom stereocenters.